The molecule has 0 aliphatic rings. The van der Waals surface area contributed by atoms with Crippen molar-refractivity contribution < 1.29 is 14.6 Å². The minimum Gasteiger partial charge on any atom is -0.508 e. The number of hydrogen-bond donors (Lipinski definition) is 2. The van der Waals surface area contributed by atoms with E-state index in [2.05, 4.69) is 5.32 Å². The number of phenolic OH excluding ortho intramolecular Hbond substituents is 1. The van der Waals surface area contributed by atoms with Crippen molar-refractivity contribution in [1.29, 1.82) is 0 Å². The Morgan fingerprint density at radius 1 is 1.25 bits per heavy atom. The number of ether oxygens (including phenoxy) is 1. The monoisotopic (exact) mass is 271 g/mol. The number of amides is 1. The second-order valence-electron chi connectivity index (χ2n) is 4.53. The molecule has 0 radical (unpaired) electrons. The maximum atomic E-state index is 12.0. The zero-order chi connectivity index (χ0) is 14.5. The Morgan fingerprint density at radius 2 is 2.00 bits per heavy atom. The first kappa shape index (κ1) is 13.9. The molecule has 104 valence electrons. The largest absolute Gasteiger partial charge is 0.508 e. The highest BCUT2D eigenvalue weighted by molar-refractivity contribution is 5.93. The van der Waals surface area contributed by atoms with Crippen LogP contribution in [0.2, 0.25) is 0 Å². The molecular weight excluding hydrogens is 254 g/mol. The first-order chi connectivity index (χ1) is 9.60. The smallest absolute Gasteiger partial charge is 0.228 e. The van der Waals surface area contributed by atoms with Crippen LogP contribution in [0.1, 0.15) is 11.1 Å². The van der Waals surface area contributed by atoms with Crippen LogP contribution in [0, 0.1) is 6.92 Å². The average Bonchev–Trinajstić information content (AvgIpc) is 2.43. The topological polar surface area (TPSA) is 58.6 Å². The Balaban J connectivity index is 2.07. The van der Waals surface area contributed by atoms with Gasteiger partial charge in [-0.2, -0.15) is 0 Å². The van der Waals surface area contributed by atoms with Crippen LogP contribution in [-0.2, 0) is 11.2 Å². The van der Waals surface area contributed by atoms with Gasteiger partial charge in [-0.15, -0.1) is 0 Å². The van der Waals surface area contributed by atoms with Gasteiger partial charge >= 0.3 is 0 Å². The van der Waals surface area contributed by atoms with Gasteiger partial charge in [0.25, 0.3) is 0 Å². The number of rotatable bonds is 4. The van der Waals surface area contributed by atoms with Crippen LogP contribution in [0.3, 0.4) is 0 Å². The summed E-state index contributed by atoms with van der Waals surface area (Å²) in [6.45, 7) is 1.90. The fourth-order valence-electron chi connectivity index (χ4n) is 1.93. The number of aromatic hydroxyl groups is 1. The third-order valence-electron chi connectivity index (χ3n) is 3.05. The number of benzene rings is 2. The molecule has 4 heteroatoms. The standard InChI is InChI=1S/C16H17NO3/c1-11-9-13(20-2)7-8-14(11)17-16(19)10-12-5-3-4-6-15(12)18/h3-9,18H,10H2,1-2H3,(H,17,19). The molecule has 20 heavy (non-hydrogen) atoms. The van der Waals surface area contributed by atoms with E-state index in [0.29, 0.717) is 5.56 Å². The first-order valence-electron chi connectivity index (χ1n) is 6.31. The Hall–Kier alpha value is -2.49. The molecule has 2 N–H and O–H groups in total. The lowest BCUT2D eigenvalue weighted by Gasteiger charge is -2.10. The molecule has 0 saturated carbocycles. The summed E-state index contributed by atoms with van der Waals surface area (Å²) >= 11 is 0. The third kappa shape index (κ3) is 3.29. The number of hydrogen-bond acceptors (Lipinski definition) is 3. The predicted octanol–water partition coefficient (Wildman–Crippen LogP) is 2.89. The predicted molar refractivity (Wildman–Crippen MR) is 78.2 cm³/mol. The summed E-state index contributed by atoms with van der Waals surface area (Å²) in [5.41, 5.74) is 2.28. The maximum absolute atomic E-state index is 12.0. The molecule has 0 aliphatic carbocycles. The first-order valence-corrected chi connectivity index (χ1v) is 6.31. The van der Waals surface area contributed by atoms with Crippen LogP contribution in [0.4, 0.5) is 5.69 Å². The molecule has 4 nitrogen and oxygen atoms in total. The van der Waals surface area contributed by atoms with Crippen LogP contribution in [0.5, 0.6) is 11.5 Å². The van der Waals surface area contributed by atoms with Gasteiger partial charge in [-0.1, -0.05) is 18.2 Å². The highest BCUT2D eigenvalue weighted by atomic mass is 16.5. The van der Waals surface area contributed by atoms with Gasteiger partial charge in [0.05, 0.1) is 13.5 Å². The molecule has 0 heterocycles. The third-order valence-corrected chi connectivity index (χ3v) is 3.05. The normalized spacial score (nSPS) is 10.1. The Labute approximate surface area is 118 Å². The van der Waals surface area contributed by atoms with Crippen molar-refractivity contribution in [2.24, 2.45) is 0 Å². The Bertz CT molecular complexity index is 623. The van der Waals surface area contributed by atoms with Gasteiger partial charge in [0.1, 0.15) is 11.5 Å². The van der Waals surface area contributed by atoms with Crippen molar-refractivity contribution in [3.05, 3.63) is 53.6 Å². The van der Waals surface area contributed by atoms with Gasteiger partial charge in [-0.05, 0) is 36.8 Å². The minimum atomic E-state index is -0.167. The van der Waals surface area contributed by atoms with Gasteiger partial charge in [0.2, 0.25) is 5.91 Å². The highest BCUT2D eigenvalue weighted by Crippen LogP contribution is 2.22. The second-order valence-corrected chi connectivity index (χ2v) is 4.53. The molecule has 0 bridgehead atoms. The average molecular weight is 271 g/mol. The summed E-state index contributed by atoms with van der Waals surface area (Å²) in [7, 11) is 1.60. The van der Waals surface area contributed by atoms with E-state index in [1.54, 1.807) is 43.5 Å². The lowest BCUT2D eigenvalue weighted by atomic mass is 10.1. The van der Waals surface area contributed by atoms with E-state index in [9.17, 15) is 9.90 Å². The van der Waals surface area contributed by atoms with Crippen molar-refractivity contribution in [2.75, 3.05) is 12.4 Å². The summed E-state index contributed by atoms with van der Waals surface area (Å²) in [6.07, 6.45) is 0.137. The summed E-state index contributed by atoms with van der Waals surface area (Å²) in [6, 6.07) is 12.3. The lowest BCUT2D eigenvalue weighted by molar-refractivity contribution is -0.115. The minimum absolute atomic E-state index is 0.133. The number of carbonyl (C=O) groups excluding carboxylic acids is 1. The summed E-state index contributed by atoms with van der Waals surface area (Å²) < 4.78 is 5.12. The van der Waals surface area contributed by atoms with Crippen molar-refractivity contribution in [3.63, 3.8) is 0 Å². The summed E-state index contributed by atoms with van der Waals surface area (Å²) in [5.74, 6) is 0.718. The maximum Gasteiger partial charge on any atom is 0.228 e. The molecular formula is C16H17NO3. The molecule has 1 amide bonds. The van der Waals surface area contributed by atoms with Crippen LogP contribution in [0.15, 0.2) is 42.5 Å². The fourth-order valence-corrected chi connectivity index (χ4v) is 1.93. The van der Waals surface area contributed by atoms with Crippen molar-refractivity contribution in [2.45, 2.75) is 13.3 Å². The van der Waals surface area contributed by atoms with E-state index in [-0.39, 0.29) is 18.1 Å². The summed E-state index contributed by atoms with van der Waals surface area (Å²) in [4.78, 5) is 12.0. The van der Waals surface area contributed by atoms with E-state index in [0.717, 1.165) is 17.0 Å². The van der Waals surface area contributed by atoms with Crippen molar-refractivity contribution in [1.82, 2.24) is 0 Å². The molecule has 0 aliphatic heterocycles. The Kier molecular flexibility index (Phi) is 4.25. The Morgan fingerprint density at radius 3 is 2.65 bits per heavy atom. The molecule has 0 unspecified atom stereocenters. The van der Waals surface area contributed by atoms with Crippen molar-refractivity contribution >= 4 is 11.6 Å². The van der Waals surface area contributed by atoms with Crippen LogP contribution < -0.4 is 10.1 Å². The number of methoxy groups -OCH3 is 1. The number of carbonyl (C=O) groups is 1. The molecule has 2 rings (SSSR count). The number of para-hydroxylation sites is 1. The number of aryl methyl sites for hydroxylation is 1. The zero-order valence-corrected chi connectivity index (χ0v) is 11.5. The second kappa shape index (κ2) is 6.10. The number of anilines is 1. The van der Waals surface area contributed by atoms with E-state index in [4.69, 9.17) is 4.74 Å². The molecule has 0 aromatic heterocycles. The fraction of sp³-hybridized carbons (Fsp3) is 0.188. The van der Waals surface area contributed by atoms with E-state index in [1.807, 2.05) is 13.0 Å². The van der Waals surface area contributed by atoms with Crippen LogP contribution in [0.25, 0.3) is 0 Å². The van der Waals surface area contributed by atoms with E-state index >= 15 is 0 Å². The molecule has 0 spiro atoms. The highest BCUT2D eigenvalue weighted by Gasteiger charge is 2.09. The van der Waals surface area contributed by atoms with Crippen LogP contribution >= 0.6 is 0 Å². The molecule has 0 saturated heterocycles. The van der Waals surface area contributed by atoms with Crippen LogP contribution in [-0.4, -0.2) is 18.1 Å². The SMILES string of the molecule is COc1ccc(NC(=O)Cc2ccccc2O)c(C)c1. The molecule has 0 atom stereocenters. The van der Waals surface area contributed by atoms with Gasteiger partial charge < -0.3 is 15.2 Å². The number of phenols is 1. The molecule has 2 aromatic rings. The zero-order valence-electron chi connectivity index (χ0n) is 11.5. The molecule has 0 fully saturated rings. The number of nitrogens with one attached hydrogen (secondary N) is 1. The lowest BCUT2D eigenvalue weighted by Crippen LogP contribution is -2.15. The molecule has 2 aromatic carbocycles. The van der Waals surface area contributed by atoms with E-state index < -0.39 is 0 Å². The van der Waals surface area contributed by atoms with Gasteiger partial charge in [0.15, 0.2) is 0 Å². The van der Waals surface area contributed by atoms with E-state index in [1.165, 1.54) is 0 Å². The summed E-state index contributed by atoms with van der Waals surface area (Å²) in [5, 5.41) is 12.5. The van der Waals surface area contributed by atoms with Gasteiger partial charge in [-0.25, -0.2) is 0 Å². The van der Waals surface area contributed by atoms with Gasteiger partial charge in [-0.3, -0.25) is 4.79 Å². The quantitative estimate of drug-likeness (QED) is 0.899. The van der Waals surface area contributed by atoms with Crippen molar-refractivity contribution in [3.8, 4) is 11.5 Å². The van der Waals surface area contributed by atoms with Gasteiger partial charge in [0, 0.05) is 11.3 Å².